The lowest BCUT2D eigenvalue weighted by Gasteiger charge is -2.08. The molecule has 0 radical (unpaired) electrons. The Morgan fingerprint density at radius 3 is 2.73 bits per heavy atom. The van der Waals surface area contributed by atoms with Crippen LogP contribution in [-0.4, -0.2) is 48.5 Å². The predicted octanol–water partition coefficient (Wildman–Crippen LogP) is 2.24. The van der Waals surface area contributed by atoms with Gasteiger partial charge in [0.15, 0.2) is 5.69 Å². The first-order valence-corrected chi connectivity index (χ1v) is 10.1. The second-order valence-corrected chi connectivity index (χ2v) is 6.92. The lowest BCUT2D eigenvalue weighted by Crippen LogP contribution is -2.21. The Kier molecular flexibility index (Phi) is 6.34. The summed E-state index contributed by atoms with van der Waals surface area (Å²) in [4.78, 5) is 17.0. The third-order valence-corrected chi connectivity index (χ3v) is 4.59. The molecule has 1 amide bonds. The molecule has 3 aromatic heterocycles. The lowest BCUT2D eigenvalue weighted by atomic mass is 10.1. The predicted molar refractivity (Wildman–Crippen MR) is 119 cm³/mol. The Morgan fingerprint density at radius 1 is 1.24 bits per heavy atom. The molecule has 12 heteroatoms. The number of ether oxygens (including phenoxy) is 1. The average Bonchev–Trinajstić information content (AvgIpc) is 3.48. The first kappa shape index (κ1) is 21.6. The van der Waals surface area contributed by atoms with E-state index in [1.807, 2.05) is 13.0 Å². The summed E-state index contributed by atoms with van der Waals surface area (Å²) in [6.45, 7) is 4.38. The Morgan fingerprint density at radius 2 is 2.06 bits per heavy atom. The van der Waals surface area contributed by atoms with Crippen LogP contribution in [0.5, 0.6) is 5.75 Å². The first-order valence-electron chi connectivity index (χ1n) is 10.1. The van der Waals surface area contributed by atoms with E-state index < -0.39 is 5.91 Å². The summed E-state index contributed by atoms with van der Waals surface area (Å²) < 4.78 is 11.6. The highest BCUT2D eigenvalue weighted by Gasteiger charge is 2.25. The highest BCUT2D eigenvalue weighted by molar-refractivity contribution is 6.02. The molecule has 0 bridgehead atoms. The highest BCUT2D eigenvalue weighted by Crippen LogP contribution is 2.28. The van der Waals surface area contributed by atoms with Crippen LogP contribution in [0.2, 0.25) is 0 Å². The van der Waals surface area contributed by atoms with Crippen molar-refractivity contribution in [1.29, 1.82) is 0 Å². The molecule has 4 rings (SSSR count). The standard InChI is InChI=1S/C21H21N9O3/c1-3-11-32-16-8-6-14(7-9-16)18-17(25-29-30(18)20-19(22)27-33-28-20)21(31)26-24-13(2)15-5-4-10-23-12-15/h4-10,12H,3,11H2,1-2H3,(H2,22,27)(H,26,31). The number of rotatable bonds is 8. The van der Waals surface area contributed by atoms with Gasteiger partial charge in [-0.05, 0) is 54.0 Å². The van der Waals surface area contributed by atoms with Crippen molar-refractivity contribution in [3.63, 3.8) is 0 Å². The van der Waals surface area contributed by atoms with Gasteiger partial charge in [-0.15, -0.1) is 5.10 Å². The minimum absolute atomic E-state index is 0.00134. The molecular weight excluding hydrogens is 426 g/mol. The molecular formula is C21H21N9O3. The number of hydrogen-bond acceptors (Lipinski definition) is 10. The van der Waals surface area contributed by atoms with E-state index in [0.29, 0.717) is 29.3 Å². The molecule has 33 heavy (non-hydrogen) atoms. The molecule has 0 saturated carbocycles. The number of benzene rings is 1. The molecule has 168 valence electrons. The van der Waals surface area contributed by atoms with E-state index in [4.69, 9.17) is 10.5 Å². The molecule has 1 aromatic carbocycles. The van der Waals surface area contributed by atoms with Gasteiger partial charge < -0.3 is 10.5 Å². The largest absolute Gasteiger partial charge is 0.494 e. The molecule has 3 heterocycles. The van der Waals surface area contributed by atoms with E-state index in [1.165, 1.54) is 4.68 Å². The summed E-state index contributed by atoms with van der Waals surface area (Å²) >= 11 is 0. The average molecular weight is 447 g/mol. The van der Waals surface area contributed by atoms with Crippen molar-refractivity contribution in [2.24, 2.45) is 5.10 Å². The van der Waals surface area contributed by atoms with Crippen LogP contribution < -0.4 is 15.9 Å². The van der Waals surface area contributed by atoms with Crippen molar-refractivity contribution in [2.75, 3.05) is 12.3 Å². The maximum absolute atomic E-state index is 13.0. The molecule has 0 aliphatic carbocycles. The zero-order valence-electron chi connectivity index (χ0n) is 18.0. The van der Waals surface area contributed by atoms with Gasteiger partial charge in [0.1, 0.15) is 11.4 Å². The summed E-state index contributed by atoms with van der Waals surface area (Å²) in [5.74, 6) is 0.241. The third-order valence-electron chi connectivity index (χ3n) is 4.59. The quantitative estimate of drug-likeness (QED) is 0.305. The van der Waals surface area contributed by atoms with Crippen LogP contribution in [0.15, 0.2) is 58.5 Å². The smallest absolute Gasteiger partial charge is 0.294 e. The van der Waals surface area contributed by atoms with E-state index >= 15 is 0 Å². The van der Waals surface area contributed by atoms with E-state index in [-0.39, 0.29) is 17.3 Å². The second kappa shape index (κ2) is 9.68. The van der Waals surface area contributed by atoms with Crippen LogP contribution in [0, 0.1) is 0 Å². The van der Waals surface area contributed by atoms with Crippen molar-refractivity contribution in [3.8, 4) is 22.8 Å². The maximum Gasteiger partial charge on any atom is 0.294 e. The molecule has 0 unspecified atom stereocenters. The molecule has 4 aromatic rings. The van der Waals surface area contributed by atoms with Crippen molar-refractivity contribution in [1.82, 2.24) is 35.7 Å². The number of carbonyl (C=O) groups is 1. The number of hydrogen-bond donors (Lipinski definition) is 2. The van der Waals surface area contributed by atoms with E-state index in [0.717, 1.165) is 12.0 Å². The number of anilines is 1. The minimum atomic E-state index is -0.569. The molecule has 3 N–H and O–H groups in total. The number of hydrazone groups is 1. The van der Waals surface area contributed by atoms with E-state index in [2.05, 4.69) is 40.8 Å². The Bertz CT molecular complexity index is 1260. The molecule has 0 atom stereocenters. The van der Waals surface area contributed by atoms with E-state index in [1.54, 1.807) is 49.6 Å². The first-order chi connectivity index (χ1) is 16.1. The number of aromatic nitrogens is 6. The van der Waals surface area contributed by atoms with Crippen molar-refractivity contribution in [3.05, 3.63) is 60.0 Å². The van der Waals surface area contributed by atoms with Gasteiger partial charge in [-0.1, -0.05) is 18.2 Å². The maximum atomic E-state index is 13.0. The normalized spacial score (nSPS) is 11.4. The van der Waals surface area contributed by atoms with E-state index in [9.17, 15) is 4.79 Å². The Balaban J connectivity index is 1.69. The zero-order valence-corrected chi connectivity index (χ0v) is 18.0. The van der Waals surface area contributed by atoms with Gasteiger partial charge >= 0.3 is 0 Å². The second-order valence-electron chi connectivity index (χ2n) is 6.92. The fourth-order valence-corrected chi connectivity index (χ4v) is 2.94. The van der Waals surface area contributed by atoms with Gasteiger partial charge in [-0.3, -0.25) is 9.78 Å². The third kappa shape index (κ3) is 4.69. The number of nitrogen functional groups attached to an aromatic ring is 1. The van der Waals surface area contributed by atoms with Gasteiger partial charge in [0.25, 0.3) is 5.91 Å². The van der Waals surface area contributed by atoms with Crippen LogP contribution >= 0.6 is 0 Å². The van der Waals surface area contributed by atoms with Gasteiger partial charge in [-0.25, -0.2) is 10.1 Å². The van der Waals surface area contributed by atoms with Gasteiger partial charge in [0.2, 0.25) is 11.6 Å². The number of amides is 1. The number of carbonyl (C=O) groups excluding carboxylic acids is 1. The van der Waals surface area contributed by atoms with Gasteiger partial charge in [-0.2, -0.15) is 9.78 Å². The SMILES string of the molecule is CCCOc1ccc(-c2c(C(=O)NN=C(C)c3cccnc3)nnn2-c2nonc2N)cc1. The number of nitrogens with one attached hydrogen (secondary N) is 1. The van der Waals surface area contributed by atoms with Crippen molar-refractivity contribution in [2.45, 2.75) is 20.3 Å². The molecule has 0 fully saturated rings. The van der Waals surface area contributed by atoms with Gasteiger partial charge in [0.05, 0.1) is 12.3 Å². The summed E-state index contributed by atoms with van der Waals surface area (Å²) in [7, 11) is 0. The summed E-state index contributed by atoms with van der Waals surface area (Å²) in [5, 5.41) is 19.6. The van der Waals surface area contributed by atoms with Crippen LogP contribution in [0.4, 0.5) is 5.82 Å². The number of nitrogens with two attached hydrogens (primary N) is 1. The molecule has 0 aliphatic rings. The van der Waals surface area contributed by atoms with Crippen molar-refractivity contribution < 1.29 is 14.2 Å². The highest BCUT2D eigenvalue weighted by atomic mass is 16.6. The van der Waals surface area contributed by atoms with Crippen molar-refractivity contribution >= 4 is 17.4 Å². The topological polar surface area (TPSA) is 159 Å². The van der Waals surface area contributed by atoms with Crippen LogP contribution in [0.25, 0.3) is 17.1 Å². The lowest BCUT2D eigenvalue weighted by molar-refractivity contribution is 0.0950. The van der Waals surface area contributed by atoms with Crippen LogP contribution in [0.1, 0.15) is 36.3 Å². The van der Waals surface area contributed by atoms with Crippen LogP contribution in [0.3, 0.4) is 0 Å². The summed E-state index contributed by atoms with van der Waals surface area (Å²) in [6.07, 6.45) is 4.19. The Labute approximate surface area is 188 Å². The summed E-state index contributed by atoms with van der Waals surface area (Å²) in [6, 6.07) is 10.8. The fraction of sp³-hybridized carbons (Fsp3) is 0.190. The van der Waals surface area contributed by atoms with Gasteiger partial charge in [0, 0.05) is 23.5 Å². The monoisotopic (exact) mass is 447 g/mol. The molecule has 0 spiro atoms. The summed E-state index contributed by atoms with van der Waals surface area (Å²) in [5.41, 5.74) is 10.7. The number of pyridine rings is 1. The minimum Gasteiger partial charge on any atom is -0.494 e. The molecule has 0 saturated heterocycles. The van der Waals surface area contributed by atoms with Crippen LogP contribution in [-0.2, 0) is 0 Å². The molecule has 0 aliphatic heterocycles. The zero-order chi connectivity index (χ0) is 23.2. The Hall–Kier alpha value is -4.61. The number of nitrogens with zero attached hydrogens (tertiary/aromatic N) is 7. The fourth-order valence-electron chi connectivity index (χ4n) is 2.94. The molecule has 12 nitrogen and oxygen atoms in total.